The number of nitrogens with one attached hydrogen (secondary N) is 2. The minimum absolute atomic E-state index is 0.150. The van der Waals surface area contributed by atoms with Crippen LogP contribution in [0.1, 0.15) is 30.5 Å². The average Bonchev–Trinajstić information content (AvgIpc) is 2.51. The summed E-state index contributed by atoms with van der Waals surface area (Å²) < 4.78 is 0.983. The molecule has 0 aliphatic carbocycles. The van der Waals surface area contributed by atoms with Gasteiger partial charge < -0.3 is 5.73 Å². The lowest BCUT2D eigenvalue weighted by Crippen LogP contribution is -2.59. The molecule has 1 spiro atoms. The van der Waals surface area contributed by atoms with Gasteiger partial charge in [0.05, 0.1) is 12.1 Å². The van der Waals surface area contributed by atoms with Gasteiger partial charge in [-0.3, -0.25) is 5.41 Å². The molecule has 2 heterocycles. The fourth-order valence-electron chi connectivity index (χ4n) is 2.78. The van der Waals surface area contributed by atoms with Gasteiger partial charge in [0, 0.05) is 11.1 Å². The molecule has 4 heteroatoms. The Bertz CT molecular complexity index is 462. The Morgan fingerprint density at radius 1 is 1.50 bits per heavy atom. The van der Waals surface area contributed by atoms with E-state index < -0.39 is 0 Å². The standard InChI is InChI=1S/C12H17N4/c1-8-10-7-9(12(13)14)3-4-11(10)15-16(8)5-2-6-16/h3-4,7-8,15H,2,5-6H2,1H3,(H3,13,14)/q+1. The molecule has 0 amide bonds. The van der Waals surface area contributed by atoms with E-state index in [0.717, 1.165) is 10.2 Å². The summed E-state index contributed by atoms with van der Waals surface area (Å²) in [5.74, 6) is 0.150. The third-order valence-electron chi connectivity index (χ3n) is 4.01. The van der Waals surface area contributed by atoms with Gasteiger partial charge in [-0.15, -0.1) is 0 Å². The zero-order valence-electron chi connectivity index (χ0n) is 9.46. The van der Waals surface area contributed by atoms with E-state index in [-0.39, 0.29) is 5.84 Å². The van der Waals surface area contributed by atoms with Crippen molar-refractivity contribution in [1.29, 1.82) is 5.41 Å². The van der Waals surface area contributed by atoms with E-state index >= 15 is 0 Å². The number of amidine groups is 1. The largest absolute Gasteiger partial charge is 0.384 e. The summed E-state index contributed by atoms with van der Waals surface area (Å²) >= 11 is 0. The van der Waals surface area contributed by atoms with Crippen LogP contribution in [0.4, 0.5) is 5.69 Å². The maximum Gasteiger partial charge on any atom is 0.136 e. The van der Waals surface area contributed by atoms with Gasteiger partial charge in [-0.05, 0) is 25.1 Å². The quantitative estimate of drug-likeness (QED) is 0.380. The van der Waals surface area contributed by atoms with Gasteiger partial charge in [0.2, 0.25) is 0 Å². The summed E-state index contributed by atoms with van der Waals surface area (Å²) in [6.07, 6.45) is 1.30. The van der Waals surface area contributed by atoms with Gasteiger partial charge in [0.1, 0.15) is 25.0 Å². The van der Waals surface area contributed by atoms with E-state index in [1.807, 2.05) is 12.1 Å². The second-order valence-corrected chi connectivity index (χ2v) is 4.84. The third-order valence-corrected chi connectivity index (χ3v) is 4.01. The molecule has 4 nitrogen and oxygen atoms in total. The Hall–Kier alpha value is -1.55. The molecule has 1 aromatic carbocycles. The summed E-state index contributed by atoms with van der Waals surface area (Å²) in [7, 11) is 0. The highest BCUT2D eigenvalue weighted by Gasteiger charge is 2.48. The number of benzene rings is 1. The smallest absolute Gasteiger partial charge is 0.136 e. The number of fused-ring (bicyclic) bond motifs is 1. The van der Waals surface area contributed by atoms with Crippen LogP contribution >= 0.6 is 0 Å². The molecule has 2 aliphatic rings. The lowest BCUT2D eigenvalue weighted by Gasteiger charge is -2.44. The Morgan fingerprint density at radius 3 is 2.81 bits per heavy atom. The topological polar surface area (TPSA) is 61.9 Å². The Morgan fingerprint density at radius 2 is 2.25 bits per heavy atom. The molecule has 1 saturated heterocycles. The summed E-state index contributed by atoms with van der Waals surface area (Å²) in [5.41, 5.74) is 12.4. The molecule has 16 heavy (non-hydrogen) atoms. The van der Waals surface area contributed by atoms with Crippen molar-refractivity contribution in [1.82, 2.24) is 0 Å². The molecule has 1 unspecified atom stereocenters. The number of nitrogens with two attached hydrogens (primary N) is 1. The normalized spacial score (nSPS) is 24.7. The average molecular weight is 217 g/mol. The molecule has 1 atom stereocenters. The van der Waals surface area contributed by atoms with Crippen LogP contribution in [-0.4, -0.2) is 23.5 Å². The number of anilines is 1. The minimum atomic E-state index is 0.150. The van der Waals surface area contributed by atoms with Gasteiger partial charge in [-0.1, -0.05) is 0 Å². The maximum absolute atomic E-state index is 7.47. The highest BCUT2D eigenvalue weighted by molar-refractivity contribution is 5.95. The first kappa shape index (κ1) is 9.66. The lowest BCUT2D eigenvalue weighted by atomic mass is 10.0. The molecule has 4 N–H and O–H groups in total. The van der Waals surface area contributed by atoms with E-state index in [4.69, 9.17) is 11.1 Å². The van der Waals surface area contributed by atoms with E-state index in [9.17, 15) is 0 Å². The van der Waals surface area contributed by atoms with Crippen LogP contribution in [0.15, 0.2) is 18.2 Å². The molecule has 0 bridgehead atoms. The molecular formula is C12H17N4+. The van der Waals surface area contributed by atoms with Gasteiger partial charge in [-0.2, -0.15) is 0 Å². The minimum Gasteiger partial charge on any atom is -0.384 e. The molecule has 0 aromatic heterocycles. The van der Waals surface area contributed by atoms with Crippen LogP contribution in [0, 0.1) is 5.41 Å². The highest BCUT2D eigenvalue weighted by Crippen LogP contribution is 2.44. The summed E-state index contributed by atoms with van der Waals surface area (Å²) in [6.45, 7) is 4.65. The number of hydrogen-bond acceptors (Lipinski definition) is 2. The summed E-state index contributed by atoms with van der Waals surface area (Å²) in [4.78, 5) is 0. The molecule has 3 rings (SSSR count). The SMILES string of the molecule is CC1c2cc(C(=N)N)ccc2N[N+]12CCC2. The maximum atomic E-state index is 7.47. The molecule has 0 saturated carbocycles. The van der Waals surface area contributed by atoms with Crippen molar-refractivity contribution >= 4 is 11.5 Å². The third kappa shape index (κ3) is 1.10. The Balaban J connectivity index is 2.03. The monoisotopic (exact) mass is 217 g/mol. The van der Waals surface area contributed by atoms with Crippen molar-refractivity contribution in [3.05, 3.63) is 29.3 Å². The summed E-state index contributed by atoms with van der Waals surface area (Å²) in [5, 5.41) is 7.47. The van der Waals surface area contributed by atoms with E-state index in [0.29, 0.717) is 6.04 Å². The van der Waals surface area contributed by atoms with Crippen LogP contribution in [-0.2, 0) is 0 Å². The van der Waals surface area contributed by atoms with Gasteiger partial charge in [0.15, 0.2) is 0 Å². The Labute approximate surface area is 95.1 Å². The second-order valence-electron chi connectivity index (χ2n) is 4.84. The molecular weight excluding hydrogens is 200 g/mol. The fraction of sp³-hybridized carbons (Fsp3) is 0.417. The first-order valence-electron chi connectivity index (χ1n) is 5.76. The number of rotatable bonds is 1. The van der Waals surface area contributed by atoms with Crippen molar-refractivity contribution in [2.75, 3.05) is 18.5 Å². The van der Waals surface area contributed by atoms with Crippen LogP contribution in [0.5, 0.6) is 0 Å². The van der Waals surface area contributed by atoms with E-state index in [1.54, 1.807) is 0 Å². The highest BCUT2D eigenvalue weighted by atomic mass is 15.7. The zero-order chi connectivity index (χ0) is 11.3. The number of nitrogens with zero attached hydrogens (tertiary/aromatic N) is 1. The van der Waals surface area contributed by atoms with Crippen molar-refractivity contribution in [3.8, 4) is 0 Å². The van der Waals surface area contributed by atoms with Crippen molar-refractivity contribution in [2.24, 2.45) is 5.73 Å². The number of nitrogen functional groups attached to an aromatic ring is 1. The molecule has 84 valence electrons. The number of quaternary nitrogens is 1. The van der Waals surface area contributed by atoms with E-state index in [2.05, 4.69) is 18.4 Å². The van der Waals surface area contributed by atoms with E-state index in [1.165, 1.54) is 30.8 Å². The van der Waals surface area contributed by atoms with Gasteiger partial charge in [0.25, 0.3) is 0 Å². The van der Waals surface area contributed by atoms with Crippen LogP contribution in [0.25, 0.3) is 0 Å². The molecule has 1 aromatic rings. The van der Waals surface area contributed by atoms with Crippen LogP contribution < -0.4 is 11.2 Å². The van der Waals surface area contributed by atoms with Crippen molar-refractivity contribution in [2.45, 2.75) is 19.4 Å². The fourth-order valence-corrected chi connectivity index (χ4v) is 2.78. The summed E-state index contributed by atoms with van der Waals surface area (Å²) in [6, 6.07) is 6.50. The van der Waals surface area contributed by atoms with Crippen LogP contribution in [0.2, 0.25) is 0 Å². The first-order valence-corrected chi connectivity index (χ1v) is 5.76. The van der Waals surface area contributed by atoms with Crippen LogP contribution in [0.3, 0.4) is 0 Å². The second kappa shape index (κ2) is 2.98. The predicted octanol–water partition coefficient (Wildman–Crippen LogP) is 1.59. The zero-order valence-corrected chi connectivity index (χ0v) is 9.46. The lowest BCUT2D eigenvalue weighted by molar-refractivity contribution is -0.965. The first-order chi connectivity index (χ1) is 7.62. The van der Waals surface area contributed by atoms with Crippen molar-refractivity contribution in [3.63, 3.8) is 0 Å². The van der Waals surface area contributed by atoms with Gasteiger partial charge in [-0.25, -0.2) is 10.0 Å². The predicted molar refractivity (Wildman–Crippen MR) is 64.1 cm³/mol. The van der Waals surface area contributed by atoms with Crippen molar-refractivity contribution < 1.29 is 4.59 Å². The molecule has 1 fully saturated rings. The Kier molecular flexibility index (Phi) is 1.80. The molecule has 2 aliphatic heterocycles. The molecule has 0 radical (unpaired) electrons. The number of hydrogen-bond donors (Lipinski definition) is 3. The van der Waals surface area contributed by atoms with Gasteiger partial charge >= 0.3 is 0 Å².